The molecule has 1 aromatic heterocycles. The molecule has 0 unspecified atom stereocenters. The topological polar surface area (TPSA) is 69.2 Å². The second kappa shape index (κ2) is 4.69. The molecule has 2 aromatic rings. The first-order valence-electron chi connectivity index (χ1n) is 5.02. The van der Waals surface area contributed by atoms with E-state index in [0.717, 1.165) is 5.39 Å². The minimum absolute atomic E-state index is 0.0908. The van der Waals surface area contributed by atoms with Gasteiger partial charge in [-0.15, -0.1) is 0 Å². The van der Waals surface area contributed by atoms with Gasteiger partial charge in [0.05, 0.1) is 19.0 Å². The quantitative estimate of drug-likeness (QED) is 0.710. The van der Waals surface area contributed by atoms with E-state index in [0.29, 0.717) is 5.52 Å². The number of fused-ring (bicyclic) bond motifs is 1. The maximum absolute atomic E-state index is 11.7. The van der Waals surface area contributed by atoms with Gasteiger partial charge >= 0.3 is 5.97 Å². The lowest BCUT2D eigenvalue weighted by Gasteiger charge is -1.93. The van der Waals surface area contributed by atoms with E-state index in [1.54, 1.807) is 18.2 Å². The van der Waals surface area contributed by atoms with Gasteiger partial charge in [-0.25, -0.2) is 4.98 Å². The molecule has 0 N–H and O–H groups in total. The van der Waals surface area contributed by atoms with Crippen LogP contribution >= 0.6 is 0 Å². The molecule has 1 heterocycles. The summed E-state index contributed by atoms with van der Waals surface area (Å²) in [7, 11) is 1.26. The van der Waals surface area contributed by atoms with Gasteiger partial charge in [0.1, 0.15) is 5.69 Å². The molecule has 0 saturated heterocycles. The number of para-hydroxylation sites is 1. The van der Waals surface area contributed by atoms with Crippen molar-refractivity contribution in [3.05, 3.63) is 46.5 Å². The van der Waals surface area contributed by atoms with Crippen LogP contribution < -0.4 is 5.56 Å². The molecule has 0 bridgehead atoms. The Balaban J connectivity index is 2.56. The summed E-state index contributed by atoms with van der Waals surface area (Å²) in [6, 6.07) is 7.14. The summed E-state index contributed by atoms with van der Waals surface area (Å²) in [5.41, 5.74) is 0.144. The molecule has 2 rings (SSSR count). The van der Waals surface area contributed by atoms with E-state index in [1.165, 1.54) is 13.3 Å². The normalized spacial score (nSPS) is 10.2. The van der Waals surface area contributed by atoms with Crippen molar-refractivity contribution < 1.29 is 9.53 Å². The van der Waals surface area contributed by atoms with Gasteiger partial charge in [-0.1, -0.05) is 18.2 Å². The number of hydrogen-bond donors (Lipinski definition) is 0. The summed E-state index contributed by atoms with van der Waals surface area (Å²) in [5.74, 6) is -0.508. The largest absolute Gasteiger partial charge is 0.469 e. The molecule has 5 heteroatoms. The van der Waals surface area contributed by atoms with Crippen molar-refractivity contribution in [3.8, 4) is 0 Å². The Hall–Kier alpha value is -2.30. The SMILES string of the molecule is COC(=O)Cc1ncc2ccccc2nc1=O. The highest BCUT2D eigenvalue weighted by molar-refractivity contribution is 5.77. The maximum atomic E-state index is 11.7. The number of ether oxygens (including phenoxy) is 1. The second-order valence-electron chi connectivity index (χ2n) is 3.43. The van der Waals surface area contributed by atoms with Gasteiger partial charge < -0.3 is 4.74 Å². The summed E-state index contributed by atoms with van der Waals surface area (Å²) < 4.78 is 4.49. The van der Waals surface area contributed by atoms with Crippen molar-refractivity contribution in [2.45, 2.75) is 6.42 Å². The van der Waals surface area contributed by atoms with Gasteiger partial charge in [0.2, 0.25) is 0 Å². The standard InChI is InChI=1S/C12H10N2O3/c1-17-11(15)6-10-12(16)14-9-5-3-2-4-8(9)7-13-10/h2-5,7H,6H2,1H3. The molecule has 0 fully saturated rings. The Labute approximate surface area is 97.1 Å². The van der Waals surface area contributed by atoms with Crippen molar-refractivity contribution in [2.75, 3.05) is 7.11 Å². The van der Waals surface area contributed by atoms with E-state index in [9.17, 15) is 9.59 Å². The van der Waals surface area contributed by atoms with Gasteiger partial charge in [0, 0.05) is 11.6 Å². The summed E-state index contributed by atoms with van der Waals surface area (Å²) in [4.78, 5) is 30.7. The number of aromatic nitrogens is 2. The minimum atomic E-state index is -0.508. The number of benzene rings is 1. The summed E-state index contributed by atoms with van der Waals surface area (Å²) in [6.45, 7) is 0. The molecular weight excluding hydrogens is 220 g/mol. The molecule has 0 aliphatic carbocycles. The predicted molar refractivity (Wildman–Crippen MR) is 61.5 cm³/mol. The Morgan fingerprint density at radius 1 is 1.35 bits per heavy atom. The fraction of sp³-hybridized carbons (Fsp3) is 0.167. The fourth-order valence-corrected chi connectivity index (χ4v) is 1.41. The van der Waals surface area contributed by atoms with Gasteiger partial charge in [0.25, 0.3) is 5.56 Å². The predicted octanol–water partition coefficient (Wildman–Crippen LogP) is 0.705. The van der Waals surface area contributed by atoms with Crippen LogP contribution in [-0.2, 0) is 16.0 Å². The third-order valence-electron chi connectivity index (χ3n) is 2.30. The molecule has 0 aliphatic heterocycles. The molecule has 0 atom stereocenters. The Morgan fingerprint density at radius 2 is 2.12 bits per heavy atom. The second-order valence-corrected chi connectivity index (χ2v) is 3.43. The van der Waals surface area contributed by atoms with E-state index in [1.807, 2.05) is 6.07 Å². The monoisotopic (exact) mass is 230 g/mol. The highest BCUT2D eigenvalue weighted by atomic mass is 16.5. The first-order valence-corrected chi connectivity index (χ1v) is 5.02. The molecular formula is C12H10N2O3. The van der Waals surface area contributed by atoms with Gasteiger partial charge in [-0.05, 0) is 6.07 Å². The van der Waals surface area contributed by atoms with Crippen LogP contribution in [0.15, 0.2) is 35.3 Å². The first kappa shape index (κ1) is 11.2. The fourth-order valence-electron chi connectivity index (χ4n) is 1.41. The average Bonchev–Trinajstić information content (AvgIpc) is 2.49. The number of methoxy groups -OCH3 is 1. The van der Waals surface area contributed by atoms with Crippen molar-refractivity contribution in [1.29, 1.82) is 0 Å². The number of carbonyl (C=O) groups excluding carboxylic acids is 1. The summed E-state index contributed by atoms with van der Waals surface area (Å²) in [6.07, 6.45) is 1.37. The van der Waals surface area contributed by atoms with Crippen LogP contribution in [0.1, 0.15) is 5.69 Å². The first-order chi connectivity index (χ1) is 8.20. The molecule has 0 saturated carbocycles. The minimum Gasteiger partial charge on any atom is -0.469 e. The lowest BCUT2D eigenvalue weighted by Crippen LogP contribution is -2.16. The van der Waals surface area contributed by atoms with Gasteiger partial charge in [0.15, 0.2) is 0 Å². The highest BCUT2D eigenvalue weighted by Crippen LogP contribution is 2.06. The van der Waals surface area contributed by atoms with Gasteiger partial charge in [-0.3, -0.25) is 14.6 Å². The van der Waals surface area contributed by atoms with Crippen molar-refractivity contribution in [2.24, 2.45) is 0 Å². The summed E-state index contributed by atoms with van der Waals surface area (Å²) >= 11 is 0. The van der Waals surface area contributed by atoms with Gasteiger partial charge in [-0.2, -0.15) is 0 Å². The number of hydrogen-bond acceptors (Lipinski definition) is 5. The molecule has 86 valence electrons. The van der Waals surface area contributed by atoms with E-state index < -0.39 is 11.5 Å². The van der Waals surface area contributed by atoms with Crippen LogP contribution in [0, 0.1) is 0 Å². The molecule has 5 nitrogen and oxygen atoms in total. The molecule has 0 radical (unpaired) electrons. The number of esters is 1. The Morgan fingerprint density at radius 3 is 2.88 bits per heavy atom. The van der Waals surface area contributed by atoms with Crippen LogP contribution in [0.25, 0.3) is 10.9 Å². The third kappa shape index (κ3) is 2.44. The van der Waals surface area contributed by atoms with Crippen molar-refractivity contribution >= 4 is 16.9 Å². The number of carbonyl (C=O) groups is 1. The zero-order valence-electron chi connectivity index (χ0n) is 9.21. The zero-order valence-corrected chi connectivity index (χ0v) is 9.21. The van der Waals surface area contributed by atoms with Crippen LogP contribution in [0.5, 0.6) is 0 Å². The van der Waals surface area contributed by atoms with E-state index in [4.69, 9.17) is 0 Å². The molecule has 0 spiro atoms. The van der Waals surface area contributed by atoms with E-state index in [-0.39, 0.29) is 12.1 Å². The molecule has 0 aliphatic rings. The number of rotatable bonds is 2. The smallest absolute Gasteiger partial charge is 0.311 e. The maximum Gasteiger partial charge on any atom is 0.311 e. The zero-order chi connectivity index (χ0) is 12.3. The van der Waals surface area contributed by atoms with Crippen molar-refractivity contribution in [3.63, 3.8) is 0 Å². The van der Waals surface area contributed by atoms with Crippen LogP contribution in [0.2, 0.25) is 0 Å². The average molecular weight is 230 g/mol. The molecule has 17 heavy (non-hydrogen) atoms. The van der Waals surface area contributed by atoms with Crippen LogP contribution in [-0.4, -0.2) is 23.0 Å². The van der Waals surface area contributed by atoms with Crippen molar-refractivity contribution in [1.82, 2.24) is 9.97 Å². The molecule has 1 aromatic carbocycles. The van der Waals surface area contributed by atoms with E-state index in [2.05, 4.69) is 14.7 Å². The Kier molecular flexibility index (Phi) is 3.09. The highest BCUT2D eigenvalue weighted by Gasteiger charge is 2.08. The lowest BCUT2D eigenvalue weighted by molar-refractivity contribution is -0.139. The third-order valence-corrected chi connectivity index (χ3v) is 2.30. The Bertz CT molecular complexity index is 625. The lowest BCUT2D eigenvalue weighted by atomic mass is 10.2. The summed E-state index contributed by atoms with van der Waals surface area (Å²) in [5, 5.41) is 0.751. The van der Waals surface area contributed by atoms with Crippen LogP contribution in [0.3, 0.4) is 0 Å². The molecule has 0 amide bonds. The van der Waals surface area contributed by atoms with E-state index >= 15 is 0 Å². The number of nitrogens with zero attached hydrogens (tertiary/aromatic N) is 2. The van der Waals surface area contributed by atoms with Crippen LogP contribution in [0.4, 0.5) is 0 Å².